The zero-order valence-electron chi connectivity index (χ0n) is 8.85. The number of rotatable bonds is 6. The quantitative estimate of drug-likeness (QED) is 0.445. The average molecular weight is 217 g/mol. The molecule has 0 rings (SSSR count). The Balaban J connectivity index is 3.39. The van der Waals surface area contributed by atoms with Gasteiger partial charge in [-0.25, -0.2) is 0 Å². The van der Waals surface area contributed by atoms with Crippen LogP contribution >= 0.6 is 12.2 Å². The number of carbonyl (C=O) groups is 1. The van der Waals surface area contributed by atoms with Crippen molar-refractivity contribution in [2.45, 2.75) is 26.7 Å². The van der Waals surface area contributed by atoms with Crippen molar-refractivity contribution in [3.05, 3.63) is 0 Å². The molecule has 14 heavy (non-hydrogen) atoms. The molecule has 0 aromatic rings. The third-order valence-corrected chi connectivity index (χ3v) is 1.89. The first-order valence-electron chi connectivity index (χ1n) is 4.99. The summed E-state index contributed by atoms with van der Waals surface area (Å²) >= 11 is 4.97. The van der Waals surface area contributed by atoms with Gasteiger partial charge in [0.15, 0.2) is 5.11 Å². The van der Waals surface area contributed by atoms with E-state index in [9.17, 15) is 4.79 Å². The second-order valence-corrected chi connectivity index (χ2v) is 3.32. The minimum atomic E-state index is -0.0351. The number of hydrogen-bond donors (Lipinski definition) is 3. The monoisotopic (exact) mass is 217 g/mol. The van der Waals surface area contributed by atoms with Crippen LogP contribution in [0.2, 0.25) is 0 Å². The standard InChI is InChI=1S/C9H19N3OS/c1-3-5-6-11-9(14)12-7-8(13)10-4-2/h3-7H2,1-2H3,(H,10,13)(H2,11,12,14). The summed E-state index contributed by atoms with van der Waals surface area (Å²) in [5.74, 6) is -0.0351. The van der Waals surface area contributed by atoms with Crippen LogP contribution < -0.4 is 16.0 Å². The van der Waals surface area contributed by atoms with Crippen molar-refractivity contribution < 1.29 is 4.79 Å². The second kappa shape index (κ2) is 8.74. The van der Waals surface area contributed by atoms with Gasteiger partial charge in [0.1, 0.15) is 0 Å². The lowest BCUT2D eigenvalue weighted by Crippen LogP contribution is -2.42. The summed E-state index contributed by atoms with van der Waals surface area (Å²) in [5, 5.41) is 9.08. The van der Waals surface area contributed by atoms with Gasteiger partial charge in [-0.05, 0) is 25.6 Å². The Labute approximate surface area is 90.8 Å². The van der Waals surface area contributed by atoms with E-state index in [-0.39, 0.29) is 12.5 Å². The fourth-order valence-electron chi connectivity index (χ4n) is 0.861. The molecule has 0 unspecified atom stereocenters. The Kier molecular flexibility index (Phi) is 8.22. The molecule has 0 saturated carbocycles. The van der Waals surface area contributed by atoms with Gasteiger partial charge in [-0.15, -0.1) is 0 Å². The van der Waals surface area contributed by atoms with E-state index in [1.165, 1.54) is 0 Å². The van der Waals surface area contributed by atoms with Gasteiger partial charge in [0.2, 0.25) is 5.91 Å². The predicted octanol–water partition coefficient (Wildman–Crippen LogP) is 0.387. The molecular weight excluding hydrogens is 198 g/mol. The fraction of sp³-hybridized carbons (Fsp3) is 0.778. The summed E-state index contributed by atoms with van der Waals surface area (Å²) in [4.78, 5) is 11.0. The van der Waals surface area contributed by atoms with E-state index in [0.717, 1.165) is 19.4 Å². The molecular formula is C9H19N3OS. The van der Waals surface area contributed by atoms with Crippen LogP contribution in [0.25, 0.3) is 0 Å². The largest absolute Gasteiger partial charge is 0.363 e. The molecule has 0 radical (unpaired) electrons. The first kappa shape index (κ1) is 13.2. The highest BCUT2D eigenvalue weighted by Gasteiger charge is 1.99. The number of likely N-dealkylation sites (N-methyl/N-ethyl adjacent to an activating group) is 1. The van der Waals surface area contributed by atoms with Gasteiger partial charge < -0.3 is 16.0 Å². The maximum atomic E-state index is 11.0. The molecule has 0 atom stereocenters. The normalized spacial score (nSPS) is 9.29. The van der Waals surface area contributed by atoms with E-state index >= 15 is 0 Å². The smallest absolute Gasteiger partial charge is 0.239 e. The van der Waals surface area contributed by atoms with Crippen molar-refractivity contribution in [2.24, 2.45) is 0 Å². The summed E-state index contributed by atoms with van der Waals surface area (Å²) in [5.41, 5.74) is 0. The fourth-order valence-corrected chi connectivity index (χ4v) is 1.04. The minimum Gasteiger partial charge on any atom is -0.363 e. The molecule has 82 valence electrons. The van der Waals surface area contributed by atoms with E-state index in [4.69, 9.17) is 12.2 Å². The number of hydrogen-bond acceptors (Lipinski definition) is 2. The van der Waals surface area contributed by atoms with Gasteiger partial charge in [0.05, 0.1) is 6.54 Å². The highest BCUT2D eigenvalue weighted by atomic mass is 32.1. The lowest BCUT2D eigenvalue weighted by Gasteiger charge is -2.09. The number of nitrogens with one attached hydrogen (secondary N) is 3. The van der Waals surface area contributed by atoms with Crippen LogP contribution in [0.3, 0.4) is 0 Å². The average Bonchev–Trinajstić information content (AvgIpc) is 2.16. The molecule has 5 heteroatoms. The Morgan fingerprint density at radius 3 is 2.50 bits per heavy atom. The minimum absolute atomic E-state index is 0.0351. The molecule has 0 bridgehead atoms. The molecule has 0 aliphatic heterocycles. The van der Waals surface area contributed by atoms with E-state index < -0.39 is 0 Å². The van der Waals surface area contributed by atoms with Crippen LogP contribution in [0.4, 0.5) is 0 Å². The summed E-state index contributed by atoms with van der Waals surface area (Å²) in [7, 11) is 0. The summed E-state index contributed by atoms with van der Waals surface area (Å²) in [6, 6.07) is 0. The second-order valence-electron chi connectivity index (χ2n) is 2.92. The van der Waals surface area contributed by atoms with Gasteiger partial charge in [-0.2, -0.15) is 0 Å². The summed E-state index contributed by atoms with van der Waals surface area (Å²) in [6.45, 7) is 5.75. The molecule has 0 aliphatic carbocycles. The summed E-state index contributed by atoms with van der Waals surface area (Å²) < 4.78 is 0. The zero-order valence-corrected chi connectivity index (χ0v) is 9.67. The van der Waals surface area contributed by atoms with Crippen LogP contribution in [0, 0.1) is 0 Å². The Bertz CT molecular complexity index is 185. The van der Waals surface area contributed by atoms with Crippen molar-refractivity contribution in [1.82, 2.24) is 16.0 Å². The Morgan fingerprint density at radius 1 is 1.21 bits per heavy atom. The van der Waals surface area contributed by atoms with Crippen LogP contribution in [-0.2, 0) is 4.79 Å². The molecule has 0 fully saturated rings. The van der Waals surface area contributed by atoms with Crippen LogP contribution in [0.15, 0.2) is 0 Å². The third kappa shape index (κ3) is 7.79. The zero-order chi connectivity index (χ0) is 10.8. The van der Waals surface area contributed by atoms with Gasteiger partial charge in [-0.1, -0.05) is 13.3 Å². The highest BCUT2D eigenvalue weighted by molar-refractivity contribution is 7.80. The third-order valence-electron chi connectivity index (χ3n) is 1.60. The molecule has 0 heterocycles. The number of thiocarbonyl (C=S) groups is 1. The predicted molar refractivity (Wildman–Crippen MR) is 62.2 cm³/mol. The van der Waals surface area contributed by atoms with Gasteiger partial charge in [0.25, 0.3) is 0 Å². The Hall–Kier alpha value is -0.840. The summed E-state index contributed by atoms with van der Waals surface area (Å²) in [6.07, 6.45) is 2.22. The number of unbranched alkanes of at least 4 members (excludes halogenated alkanes) is 1. The van der Waals surface area contributed by atoms with Gasteiger partial charge >= 0.3 is 0 Å². The first-order valence-corrected chi connectivity index (χ1v) is 5.39. The molecule has 0 aromatic carbocycles. The van der Waals surface area contributed by atoms with Crippen molar-refractivity contribution in [3.63, 3.8) is 0 Å². The van der Waals surface area contributed by atoms with Crippen LogP contribution in [0.5, 0.6) is 0 Å². The molecule has 0 spiro atoms. The van der Waals surface area contributed by atoms with Gasteiger partial charge in [0, 0.05) is 13.1 Å². The molecule has 0 aromatic heterocycles. The van der Waals surface area contributed by atoms with Crippen molar-refractivity contribution in [3.8, 4) is 0 Å². The van der Waals surface area contributed by atoms with Crippen molar-refractivity contribution >= 4 is 23.2 Å². The van der Waals surface area contributed by atoms with E-state index in [0.29, 0.717) is 11.7 Å². The maximum Gasteiger partial charge on any atom is 0.239 e. The molecule has 3 N–H and O–H groups in total. The number of carbonyl (C=O) groups excluding carboxylic acids is 1. The lowest BCUT2D eigenvalue weighted by atomic mass is 10.3. The molecule has 0 aliphatic rings. The van der Waals surface area contributed by atoms with Crippen molar-refractivity contribution in [2.75, 3.05) is 19.6 Å². The SMILES string of the molecule is CCCCNC(=S)NCC(=O)NCC. The maximum absolute atomic E-state index is 11.0. The Morgan fingerprint density at radius 2 is 1.93 bits per heavy atom. The van der Waals surface area contributed by atoms with Crippen LogP contribution in [0.1, 0.15) is 26.7 Å². The first-order chi connectivity index (χ1) is 6.70. The number of amides is 1. The van der Waals surface area contributed by atoms with Crippen molar-refractivity contribution in [1.29, 1.82) is 0 Å². The molecule has 1 amide bonds. The molecule has 4 nitrogen and oxygen atoms in total. The highest BCUT2D eigenvalue weighted by Crippen LogP contribution is 1.81. The molecule has 0 saturated heterocycles. The van der Waals surface area contributed by atoms with E-state index in [1.54, 1.807) is 0 Å². The van der Waals surface area contributed by atoms with Gasteiger partial charge in [-0.3, -0.25) is 4.79 Å². The topological polar surface area (TPSA) is 53.2 Å². The van der Waals surface area contributed by atoms with E-state index in [1.807, 2.05) is 6.92 Å². The van der Waals surface area contributed by atoms with E-state index in [2.05, 4.69) is 22.9 Å². The lowest BCUT2D eigenvalue weighted by molar-refractivity contribution is -0.119. The van der Waals surface area contributed by atoms with Crippen LogP contribution in [-0.4, -0.2) is 30.7 Å².